The molecular weight excluding hydrogens is 353 g/mol. The van der Waals surface area contributed by atoms with Crippen molar-refractivity contribution >= 4 is 32.8 Å². The number of carbonyl (C=O) groups is 1. The van der Waals surface area contributed by atoms with Crippen molar-refractivity contribution in [3.8, 4) is 0 Å². The summed E-state index contributed by atoms with van der Waals surface area (Å²) in [5.41, 5.74) is 2.30. The molecule has 0 radical (unpaired) electrons. The summed E-state index contributed by atoms with van der Waals surface area (Å²) in [5, 5.41) is 0.206. The van der Waals surface area contributed by atoms with Gasteiger partial charge in [-0.15, -0.1) is 0 Å². The Balaban J connectivity index is 2.70. The first-order valence-corrected chi connectivity index (χ1v) is 6.81. The molecule has 0 saturated carbocycles. The van der Waals surface area contributed by atoms with E-state index in [2.05, 4.69) is 25.7 Å². The van der Waals surface area contributed by atoms with Crippen molar-refractivity contribution in [2.75, 3.05) is 6.61 Å². The summed E-state index contributed by atoms with van der Waals surface area (Å²) in [6, 6.07) is 4.72. The summed E-state index contributed by atoms with van der Waals surface area (Å²) in [5.74, 6) is -1.53. The van der Waals surface area contributed by atoms with Gasteiger partial charge in [0, 0.05) is 27.1 Å². The molecule has 114 valence electrons. The molecule has 0 bridgehead atoms. The number of carbonyl (C=O) groups excluding carboxylic acids is 1. The van der Waals surface area contributed by atoms with E-state index in [1.54, 1.807) is 12.1 Å². The number of nitrogens with one attached hydrogen (secondary N) is 1. The zero-order valence-corrected chi connectivity index (χ0v) is 12.5. The summed E-state index contributed by atoms with van der Waals surface area (Å²) in [7, 11) is 0. The van der Waals surface area contributed by atoms with Crippen LogP contribution < -0.4 is 5.73 Å². The zero-order chi connectivity index (χ0) is 15.8. The quantitative estimate of drug-likeness (QED) is 0.821. The Labute approximate surface area is 126 Å². The van der Waals surface area contributed by atoms with E-state index < -0.39 is 17.7 Å². The minimum absolute atomic E-state index is 0.195. The van der Waals surface area contributed by atoms with Gasteiger partial charge in [0.2, 0.25) is 5.54 Å². The molecule has 1 aromatic heterocycles. The van der Waals surface area contributed by atoms with Gasteiger partial charge in [-0.25, -0.2) is 4.79 Å². The molecule has 0 saturated heterocycles. The van der Waals surface area contributed by atoms with Crippen LogP contribution in [0.25, 0.3) is 10.9 Å². The highest BCUT2D eigenvalue weighted by atomic mass is 79.9. The van der Waals surface area contributed by atoms with Gasteiger partial charge in [0.25, 0.3) is 0 Å². The molecule has 3 N–H and O–H groups in total. The average molecular weight is 365 g/mol. The Bertz CT molecular complexity index is 684. The molecule has 2 aromatic rings. The van der Waals surface area contributed by atoms with Crippen molar-refractivity contribution < 1.29 is 22.7 Å². The van der Waals surface area contributed by atoms with Gasteiger partial charge in [-0.3, -0.25) is 0 Å². The van der Waals surface area contributed by atoms with E-state index in [9.17, 15) is 18.0 Å². The molecule has 0 amide bonds. The first-order chi connectivity index (χ1) is 9.71. The fraction of sp³-hybridized carbons (Fsp3) is 0.308. The Morgan fingerprint density at radius 3 is 2.67 bits per heavy atom. The van der Waals surface area contributed by atoms with E-state index in [1.807, 2.05) is 0 Å². The number of fused-ring (bicyclic) bond motifs is 1. The van der Waals surface area contributed by atoms with Gasteiger partial charge in [0.05, 0.1) is 6.61 Å². The fourth-order valence-corrected chi connectivity index (χ4v) is 2.40. The van der Waals surface area contributed by atoms with Crippen LogP contribution in [0.15, 0.2) is 28.9 Å². The summed E-state index contributed by atoms with van der Waals surface area (Å²) >= 11 is 3.18. The topological polar surface area (TPSA) is 68.1 Å². The number of aromatic nitrogens is 1. The predicted molar refractivity (Wildman–Crippen MR) is 74.6 cm³/mol. The first-order valence-electron chi connectivity index (χ1n) is 6.01. The van der Waals surface area contributed by atoms with Gasteiger partial charge < -0.3 is 15.5 Å². The molecule has 0 spiro atoms. The maximum atomic E-state index is 13.4. The lowest BCUT2D eigenvalue weighted by Gasteiger charge is -2.29. The van der Waals surface area contributed by atoms with E-state index >= 15 is 0 Å². The number of alkyl halides is 3. The van der Waals surface area contributed by atoms with Crippen LogP contribution >= 0.6 is 15.9 Å². The predicted octanol–water partition coefficient (Wildman–Crippen LogP) is 3.21. The van der Waals surface area contributed by atoms with Crippen LogP contribution in [0.1, 0.15) is 12.5 Å². The smallest absolute Gasteiger partial charge is 0.421 e. The van der Waals surface area contributed by atoms with Gasteiger partial charge in [-0.05, 0) is 25.1 Å². The van der Waals surface area contributed by atoms with Gasteiger partial charge in [0.1, 0.15) is 0 Å². The minimum Gasteiger partial charge on any atom is -0.464 e. The normalized spacial score (nSPS) is 15.0. The van der Waals surface area contributed by atoms with E-state index in [0.717, 1.165) is 6.20 Å². The number of hydrogen-bond acceptors (Lipinski definition) is 3. The number of hydrogen-bond donors (Lipinski definition) is 2. The molecule has 1 aromatic carbocycles. The van der Waals surface area contributed by atoms with Crippen molar-refractivity contribution in [2.24, 2.45) is 5.73 Å². The highest BCUT2D eigenvalue weighted by molar-refractivity contribution is 9.10. The lowest BCUT2D eigenvalue weighted by Crippen LogP contribution is -2.57. The molecule has 0 aliphatic rings. The number of esters is 1. The van der Waals surface area contributed by atoms with Crippen LogP contribution in [0.3, 0.4) is 0 Å². The molecule has 8 heteroatoms. The summed E-state index contributed by atoms with van der Waals surface area (Å²) in [6.45, 7) is 1.22. The van der Waals surface area contributed by atoms with Gasteiger partial charge >= 0.3 is 12.1 Å². The number of aromatic amines is 1. The number of H-pyrrole nitrogens is 1. The van der Waals surface area contributed by atoms with Gasteiger partial charge in [0.15, 0.2) is 0 Å². The lowest BCUT2D eigenvalue weighted by molar-refractivity contribution is -0.208. The summed E-state index contributed by atoms with van der Waals surface area (Å²) in [4.78, 5) is 14.5. The second kappa shape index (κ2) is 5.34. The Morgan fingerprint density at radius 2 is 2.10 bits per heavy atom. The number of rotatable bonds is 3. The lowest BCUT2D eigenvalue weighted by atomic mass is 9.90. The third-order valence-corrected chi connectivity index (χ3v) is 3.61. The first kappa shape index (κ1) is 15.8. The molecule has 0 unspecified atom stereocenters. The maximum absolute atomic E-state index is 13.4. The SMILES string of the molecule is CCOC(=O)[C@](N)(c1c[nH]c2ccc(Br)cc12)C(F)(F)F. The largest absolute Gasteiger partial charge is 0.464 e. The van der Waals surface area contributed by atoms with E-state index in [4.69, 9.17) is 5.73 Å². The van der Waals surface area contributed by atoms with E-state index in [-0.39, 0.29) is 17.6 Å². The van der Waals surface area contributed by atoms with Crippen LogP contribution in [0.4, 0.5) is 13.2 Å². The number of halogens is 4. The van der Waals surface area contributed by atoms with Crippen molar-refractivity contribution in [1.29, 1.82) is 0 Å². The number of ether oxygens (including phenoxy) is 1. The molecule has 1 heterocycles. The highest BCUT2D eigenvalue weighted by Crippen LogP contribution is 2.41. The number of nitrogens with two attached hydrogens (primary N) is 1. The summed E-state index contributed by atoms with van der Waals surface area (Å²) in [6.07, 6.45) is -3.90. The van der Waals surface area contributed by atoms with Crippen LogP contribution in [0.5, 0.6) is 0 Å². The summed E-state index contributed by atoms with van der Waals surface area (Å²) < 4.78 is 45.4. The molecule has 4 nitrogen and oxygen atoms in total. The molecular formula is C13H12BrF3N2O2. The number of benzene rings is 1. The van der Waals surface area contributed by atoms with Crippen LogP contribution in [0, 0.1) is 0 Å². The molecule has 2 rings (SSSR count). The Hall–Kier alpha value is -1.54. The monoisotopic (exact) mass is 364 g/mol. The van der Waals surface area contributed by atoms with Crippen LogP contribution in [-0.4, -0.2) is 23.7 Å². The fourth-order valence-electron chi connectivity index (χ4n) is 2.04. The van der Waals surface area contributed by atoms with Crippen molar-refractivity contribution in [2.45, 2.75) is 18.6 Å². The van der Waals surface area contributed by atoms with Crippen molar-refractivity contribution in [3.63, 3.8) is 0 Å². The van der Waals surface area contributed by atoms with Gasteiger partial charge in [-0.1, -0.05) is 15.9 Å². The maximum Gasteiger partial charge on any atom is 0.421 e. The van der Waals surface area contributed by atoms with Crippen LogP contribution in [0.2, 0.25) is 0 Å². The second-order valence-corrected chi connectivity index (χ2v) is 5.33. The zero-order valence-electron chi connectivity index (χ0n) is 10.9. The molecule has 0 fully saturated rings. The molecule has 0 aliphatic heterocycles. The molecule has 21 heavy (non-hydrogen) atoms. The third-order valence-electron chi connectivity index (χ3n) is 3.11. The average Bonchev–Trinajstić information content (AvgIpc) is 2.79. The van der Waals surface area contributed by atoms with Crippen LogP contribution in [-0.2, 0) is 15.1 Å². The molecule has 0 aliphatic carbocycles. The van der Waals surface area contributed by atoms with Gasteiger partial charge in [-0.2, -0.15) is 13.2 Å². The second-order valence-electron chi connectivity index (χ2n) is 4.42. The third kappa shape index (κ3) is 2.53. The van der Waals surface area contributed by atoms with Crippen molar-refractivity contribution in [1.82, 2.24) is 4.98 Å². The highest BCUT2D eigenvalue weighted by Gasteiger charge is 2.61. The van der Waals surface area contributed by atoms with Crippen molar-refractivity contribution in [3.05, 3.63) is 34.4 Å². The van der Waals surface area contributed by atoms with E-state index in [1.165, 1.54) is 13.0 Å². The standard InChI is InChI=1S/C13H12BrF3N2O2/c1-2-21-11(20)12(18,13(15,16)17)9-6-19-10-4-3-7(14)5-8(9)10/h3-6,19H,2,18H2,1H3/t12-/m1/s1. The Morgan fingerprint density at radius 1 is 1.43 bits per heavy atom. The van der Waals surface area contributed by atoms with E-state index in [0.29, 0.717) is 9.99 Å². The molecule has 1 atom stereocenters. The minimum atomic E-state index is -4.99. The Kier molecular flexibility index (Phi) is 4.03.